The first-order valence-electron chi connectivity index (χ1n) is 7.48. The number of hydrogen-bond donors (Lipinski definition) is 2. The zero-order chi connectivity index (χ0) is 16.6. The molecule has 22 heavy (non-hydrogen) atoms. The molecule has 1 aromatic carbocycles. The molecule has 0 radical (unpaired) electrons. The molecule has 1 aromatic rings. The van der Waals surface area contributed by atoms with Crippen LogP contribution in [0.3, 0.4) is 0 Å². The van der Waals surface area contributed by atoms with E-state index in [-0.39, 0.29) is 10.6 Å². The minimum atomic E-state index is -0.896. The van der Waals surface area contributed by atoms with Crippen LogP contribution in [0.1, 0.15) is 33.3 Å². The minimum absolute atomic E-state index is 0.210. The Morgan fingerprint density at radius 1 is 1.32 bits per heavy atom. The molecular formula is C16H26FN3OS. The first-order chi connectivity index (χ1) is 10.3. The number of rotatable bonds is 6. The number of aliphatic imine (C=N–C) groups is 1. The summed E-state index contributed by atoms with van der Waals surface area (Å²) in [6.45, 7) is 9.59. The van der Waals surface area contributed by atoms with Crippen molar-refractivity contribution in [3.05, 3.63) is 35.6 Å². The van der Waals surface area contributed by atoms with Gasteiger partial charge in [-0.3, -0.25) is 4.21 Å². The topological polar surface area (TPSA) is 53.5 Å². The fourth-order valence-corrected chi connectivity index (χ4v) is 2.62. The Bertz CT molecular complexity index is 526. The Balaban J connectivity index is 2.54. The van der Waals surface area contributed by atoms with Crippen molar-refractivity contribution in [1.29, 1.82) is 0 Å². The average Bonchev–Trinajstić information content (AvgIpc) is 2.43. The van der Waals surface area contributed by atoms with Crippen LogP contribution in [0.5, 0.6) is 0 Å². The highest BCUT2D eigenvalue weighted by Crippen LogP contribution is 2.10. The van der Waals surface area contributed by atoms with Crippen LogP contribution in [0.15, 0.2) is 29.3 Å². The minimum Gasteiger partial charge on any atom is -0.357 e. The van der Waals surface area contributed by atoms with Crippen molar-refractivity contribution in [2.75, 3.05) is 18.8 Å². The number of benzene rings is 1. The summed E-state index contributed by atoms with van der Waals surface area (Å²) in [5.41, 5.74) is 0.815. The zero-order valence-electron chi connectivity index (χ0n) is 13.8. The largest absolute Gasteiger partial charge is 0.357 e. The van der Waals surface area contributed by atoms with Crippen LogP contribution in [0.4, 0.5) is 4.39 Å². The molecule has 0 heterocycles. The van der Waals surface area contributed by atoms with Crippen LogP contribution in [0.25, 0.3) is 0 Å². The number of halogens is 1. The van der Waals surface area contributed by atoms with Crippen molar-refractivity contribution < 1.29 is 8.60 Å². The highest BCUT2D eigenvalue weighted by Gasteiger charge is 2.18. The predicted octanol–water partition coefficient (Wildman–Crippen LogP) is 2.43. The average molecular weight is 327 g/mol. The lowest BCUT2D eigenvalue weighted by atomic mass is 10.2. The monoisotopic (exact) mass is 327 g/mol. The van der Waals surface area contributed by atoms with Gasteiger partial charge in [0.25, 0.3) is 0 Å². The maximum Gasteiger partial charge on any atom is 0.191 e. The van der Waals surface area contributed by atoms with E-state index in [0.29, 0.717) is 24.8 Å². The SMILES string of the molecule is CCNC(=NCc1cccc(F)c1)NCCS(=O)C(C)(C)C. The zero-order valence-corrected chi connectivity index (χ0v) is 14.6. The second-order valence-corrected chi connectivity index (χ2v) is 8.24. The molecule has 6 heteroatoms. The van der Waals surface area contributed by atoms with Crippen molar-refractivity contribution in [3.8, 4) is 0 Å². The van der Waals surface area contributed by atoms with Gasteiger partial charge < -0.3 is 10.6 Å². The summed E-state index contributed by atoms with van der Waals surface area (Å²) in [4.78, 5) is 4.41. The fourth-order valence-electron chi connectivity index (χ4n) is 1.72. The van der Waals surface area contributed by atoms with Gasteiger partial charge in [0, 0.05) is 34.4 Å². The molecule has 0 fully saturated rings. The molecule has 0 aliphatic heterocycles. The normalized spacial score (nSPS) is 13.8. The van der Waals surface area contributed by atoms with Crippen LogP contribution in [-0.2, 0) is 17.3 Å². The van der Waals surface area contributed by atoms with E-state index in [1.54, 1.807) is 6.07 Å². The molecule has 0 aliphatic carbocycles. The van der Waals surface area contributed by atoms with Crippen molar-refractivity contribution >= 4 is 16.8 Å². The number of nitrogens with one attached hydrogen (secondary N) is 2. The van der Waals surface area contributed by atoms with E-state index < -0.39 is 10.8 Å². The summed E-state index contributed by atoms with van der Waals surface area (Å²) in [6, 6.07) is 6.40. The maximum atomic E-state index is 13.1. The van der Waals surface area contributed by atoms with Gasteiger partial charge in [0.15, 0.2) is 5.96 Å². The van der Waals surface area contributed by atoms with E-state index in [9.17, 15) is 8.60 Å². The van der Waals surface area contributed by atoms with Gasteiger partial charge in [-0.2, -0.15) is 0 Å². The van der Waals surface area contributed by atoms with Gasteiger partial charge in [0.1, 0.15) is 5.82 Å². The molecule has 124 valence electrons. The van der Waals surface area contributed by atoms with Gasteiger partial charge in [-0.05, 0) is 45.4 Å². The van der Waals surface area contributed by atoms with E-state index in [1.807, 2.05) is 33.8 Å². The van der Waals surface area contributed by atoms with Gasteiger partial charge in [-0.15, -0.1) is 0 Å². The van der Waals surface area contributed by atoms with Gasteiger partial charge in [-0.1, -0.05) is 12.1 Å². The summed E-state index contributed by atoms with van der Waals surface area (Å²) < 4.78 is 24.9. The molecular weight excluding hydrogens is 301 g/mol. The Morgan fingerprint density at radius 2 is 2.05 bits per heavy atom. The molecule has 0 bridgehead atoms. The predicted molar refractivity (Wildman–Crippen MR) is 92.0 cm³/mol. The fraction of sp³-hybridized carbons (Fsp3) is 0.562. The molecule has 2 N–H and O–H groups in total. The van der Waals surface area contributed by atoms with Crippen molar-refractivity contribution in [2.24, 2.45) is 4.99 Å². The third-order valence-corrected chi connectivity index (χ3v) is 4.86. The number of hydrogen-bond acceptors (Lipinski definition) is 2. The Labute approximate surface area is 135 Å². The quantitative estimate of drug-likeness (QED) is 0.623. The first-order valence-corrected chi connectivity index (χ1v) is 8.80. The van der Waals surface area contributed by atoms with Gasteiger partial charge in [0.2, 0.25) is 0 Å². The molecule has 4 nitrogen and oxygen atoms in total. The van der Waals surface area contributed by atoms with E-state index in [1.165, 1.54) is 12.1 Å². The summed E-state index contributed by atoms with van der Waals surface area (Å²) >= 11 is 0. The van der Waals surface area contributed by atoms with Crippen LogP contribution >= 0.6 is 0 Å². The molecule has 1 unspecified atom stereocenters. The van der Waals surface area contributed by atoms with Crippen molar-refractivity contribution in [2.45, 2.75) is 39.0 Å². The van der Waals surface area contributed by atoms with Crippen molar-refractivity contribution in [1.82, 2.24) is 10.6 Å². The molecule has 1 atom stereocenters. The highest BCUT2D eigenvalue weighted by atomic mass is 32.2. The van der Waals surface area contributed by atoms with E-state index in [2.05, 4.69) is 15.6 Å². The highest BCUT2D eigenvalue weighted by molar-refractivity contribution is 7.86. The van der Waals surface area contributed by atoms with E-state index >= 15 is 0 Å². The lowest BCUT2D eigenvalue weighted by Gasteiger charge is -2.18. The number of nitrogens with zero attached hydrogens (tertiary/aromatic N) is 1. The summed E-state index contributed by atoms with van der Waals surface area (Å²) in [5.74, 6) is 0.956. The lowest BCUT2D eigenvalue weighted by molar-refractivity contribution is 0.625. The van der Waals surface area contributed by atoms with E-state index in [4.69, 9.17) is 0 Å². The molecule has 0 saturated carbocycles. The summed E-state index contributed by atoms with van der Waals surface area (Å²) in [7, 11) is -0.896. The molecule has 0 spiro atoms. The van der Waals surface area contributed by atoms with Crippen molar-refractivity contribution in [3.63, 3.8) is 0 Å². The maximum absolute atomic E-state index is 13.1. The Hall–Kier alpha value is -1.43. The van der Waals surface area contributed by atoms with Gasteiger partial charge >= 0.3 is 0 Å². The van der Waals surface area contributed by atoms with Crippen LogP contribution < -0.4 is 10.6 Å². The lowest BCUT2D eigenvalue weighted by Crippen LogP contribution is -2.40. The molecule has 1 rings (SSSR count). The molecule has 0 aliphatic rings. The summed E-state index contributed by atoms with van der Waals surface area (Å²) in [6.07, 6.45) is 0. The van der Waals surface area contributed by atoms with E-state index in [0.717, 1.165) is 12.1 Å². The standard InChI is InChI=1S/C16H26FN3OS/c1-5-18-15(19-9-10-22(21)16(2,3)4)20-12-13-7-6-8-14(17)11-13/h6-8,11H,5,9-10,12H2,1-4H3,(H2,18,19,20). The van der Waals surface area contributed by atoms with Crippen LogP contribution in [0, 0.1) is 5.82 Å². The molecule has 0 amide bonds. The van der Waals surface area contributed by atoms with Gasteiger partial charge in [-0.25, -0.2) is 9.38 Å². The summed E-state index contributed by atoms with van der Waals surface area (Å²) in [5, 5.41) is 6.29. The second-order valence-electron chi connectivity index (χ2n) is 5.91. The molecule has 0 aromatic heterocycles. The second kappa shape index (κ2) is 8.88. The smallest absolute Gasteiger partial charge is 0.191 e. The first kappa shape index (κ1) is 18.6. The Morgan fingerprint density at radius 3 is 2.64 bits per heavy atom. The molecule has 0 saturated heterocycles. The van der Waals surface area contributed by atoms with Crippen LogP contribution in [0.2, 0.25) is 0 Å². The third kappa shape index (κ3) is 7.02. The third-order valence-electron chi connectivity index (χ3n) is 2.92. The Kier molecular flexibility index (Phi) is 7.51. The van der Waals surface area contributed by atoms with Gasteiger partial charge in [0.05, 0.1) is 6.54 Å². The number of guanidine groups is 1. The van der Waals surface area contributed by atoms with Crippen LogP contribution in [-0.4, -0.2) is 33.8 Å².